The lowest BCUT2D eigenvalue weighted by atomic mass is 10.6. The Morgan fingerprint density at radius 2 is 1.86 bits per heavy atom. The Morgan fingerprint density at radius 3 is 1.86 bits per heavy atom. The van der Waals surface area contributed by atoms with E-state index in [1.165, 1.54) is 0 Å². The van der Waals surface area contributed by atoms with Crippen molar-refractivity contribution in [2.24, 2.45) is 10.2 Å². The molecule has 0 atom stereocenters. The second-order valence-corrected chi connectivity index (χ2v) is 1.02. The van der Waals surface area contributed by atoms with Crippen LogP contribution in [0.1, 0.15) is 1.37 Å². The van der Waals surface area contributed by atoms with Gasteiger partial charge in [-0.3, -0.25) is 0 Å². The number of halogens is 3. The number of nitrogens with zero attached hydrogens (tertiary/aromatic N) is 2. The quantitative estimate of drug-likeness (QED) is 0.450. The van der Waals surface area contributed by atoms with Gasteiger partial charge in [0.15, 0.2) is 0 Å². The van der Waals surface area contributed by atoms with Gasteiger partial charge in [0.05, 0.1) is 1.37 Å². The Hall–Kier alpha value is -0.610. The van der Waals surface area contributed by atoms with Crippen LogP contribution in [-0.2, 0) is 0 Å². The molecule has 1 rings (SSSR count). The molecule has 5 heteroatoms. The largest absolute Gasteiger partial charge is 0.434 e. The van der Waals surface area contributed by atoms with Gasteiger partial charge < -0.3 is 0 Å². The Labute approximate surface area is 38.4 Å². The van der Waals surface area contributed by atoms with E-state index < -0.39 is 12.3 Å². The van der Waals surface area contributed by atoms with Gasteiger partial charge in [-0.15, -0.1) is 0 Å². The monoisotopic (exact) mass is 111 g/mol. The third-order valence-corrected chi connectivity index (χ3v) is 0.454. The summed E-state index contributed by atoms with van der Waals surface area (Å²) in [7, 11) is 0. The predicted octanol–water partition coefficient (Wildman–Crippen LogP) is 1.34. The average molecular weight is 111 g/mol. The summed E-state index contributed by atoms with van der Waals surface area (Å²) >= 11 is 0. The Bertz CT molecular complexity index is 129. The van der Waals surface area contributed by atoms with Gasteiger partial charge in [-0.2, -0.15) is 23.4 Å². The Morgan fingerprint density at radius 1 is 1.43 bits per heavy atom. The van der Waals surface area contributed by atoms with E-state index in [0.29, 0.717) is 0 Å². The van der Waals surface area contributed by atoms with Crippen LogP contribution in [0.2, 0.25) is 0 Å². The van der Waals surface area contributed by atoms with Crippen molar-refractivity contribution in [3.8, 4) is 0 Å². The van der Waals surface area contributed by atoms with Gasteiger partial charge in [-0.1, -0.05) is 0 Å². The number of hydrogen-bond acceptors (Lipinski definition) is 2. The molecule has 0 saturated carbocycles. The van der Waals surface area contributed by atoms with Crippen molar-refractivity contribution in [3.63, 3.8) is 0 Å². The van der Waals surface area contributed by atoms with Crippen LogP contribution in [0.5, 0.6) is 0 Å². The SMILES string of the molecule is [2H]C1(C(F)(F)F)N=N1. The van der Waals surface area contributed by atoms with E-state index >= 15 is 0 Å². The standard InChI is InChI=1S/C2HF3N2/c3-2(4,5)1-6-7-1/h1H/i1D. The Kier molecular flexibility index (Phi) is 0.467. The highest BCUT2D eigenvalue weighted by Gasteiger charge is 2.46. The fourth-order valence-corrected chi connectivity index (χ4v) is 0.138. The van der Waals surface area contributed by atoms with Crippen molar-refractivity contribution < 1.29 is 14.5 Å². The summed E-state index contributed by atoms with van der Waals surface area (Å²) in [4.78, 5) is 0. The van der Waals surface area contributed by atoms with Crippen molar-refractivity contribution >= 4 is 0 Å². The van der Waals surface area contributed by atoms with Crippen LogP contribution in [-0.4, -0.2) is 12.3 Å². The molecule has 0 saturated heterocycles. The van der Waals surface area contributed by atoms with Crippen molar-refractivity contribution in [2.75, 3.05) is 0 Å². The van der Waals surface area contributed by atoms with E-state index in [2.05, 4.69) is 10.2 Å². The summed E-state index contributed by atoms with van der Waals surface area (Å²) in [6.07, 6.45) is -7.43. The number of rotatable bonds is 0. The normalized spacial score (nSPS) is 27.0. The van der Waals surface area contributed by atoms with E-state index in [9.17, 15) is 13.2 Å². The maximum Gasteiger partial charge on any atom is 0.434 e. The first-order chi connectivity index (χ1) is 3.46. The molecule has 0 N–H and O–H groups in total. The van der Waals surface area contributed by atoms with Crippen LogP contribution in [0.15, 0.2) is 10.2 Å². The maximum absolute atomic E-state index is 11.2. The van der Waals surface area contributed by atoms with E-state index in [0.717, 1.165) is 0 Å². The first-order valence-electron chi connectivity index (χ1n) is 1.96. The minimum Gasteiger partial charge on any atom is -0.166 e. The fraction of sp³-hybridized carbons (Fsp3) is 1.00. The zero-order valence-electron chi connectivity index (χ0n) is 4.03. The molecule has 0 aromatic heterocycles. The molecular formula is C2HF3N2. The molecule has 2 nitrogen and oxygen atoms in total. The van der Waals surface area contributed by atoms with Crippen LogP contribution in [0.3, 0.4) is 0 Å². The van der Waals surface area contributed by atoms with Crippen molar-refractivity contribution in [1.82, 2.24) is 0 Å². The molecule has 7 heavy (non-hydrogen) atoms. The highest BCUT2D eigenvalue weighted by atomic mass is 19.4. The molecule has 1 aliphatic heterocycles. The van der Waals surface area contributed by atoms with Gasteiger partial charge in [-0.05, 0) is 0 Å². The van der Waals surface area contributed by atoms with Gasteiger partial charge in [0.25, 0.3) is 6.14 Å². The van der Waals surface area contributed by atoms with E-state index in [-0.39, 0.29) is 0 Å². The molecule has 1 heterocycles. The Balaban J connectivity index is 2.61. The zero-order valence-corrected chi connectivity index (χ0v) is 3.03. The van der Waals surface area contributed by atoms with Gasteiger partial charge >= 0.3 is 6.18 Å². The second kappa shape index (κ2) is 0.962. The van der Waals surface area contributed by atoms with Crippen LogP contribution in [0.4, 0.5) is 13.2 Å². The van der Waals surface area contributed by atoms with Gasteiger partial charge in [0.1, 0.15) is 0 Å². The molecule has 0 bridgehead atoms. The van der Waals surface area contributed by atoms with Crippen LogP contribution in [0.25, 0.3) is 0 Å². The first-order valence-corrected chi connectivity index (χ1v) is 1.46. The molecule has 40 valence electrons. The highest BCUT2D eigenvalue weighted by Crippen LogP contribution is 2.31. The molecule has 0 aromatic rings. The molecule has 1 aliphatic rings. The van der Waals surface area contributed by atoms with Crippen molar-refractivity contribution in [3.05, 3.63) is 0 Å². The molecule has 0 aliphatic carbocycles. The predicted molar refractivity (Wildman–Crippen MR) is 14.7 cm³/mol. The smallest absolute Gasteiger partial charge is 0.166 e. The zero-order chi connectivity index (χ0) is 6.41. The van der Waals surface area contributed by atoms with Crippen molar-refractivity contribution in [2.45, 2.75) is 12.3 Å². The minimum absolute atomic E-state index is 2.47. The summed E-state index contributed by atoms with van der Waals surface area (Å²) < 4.78 is 40.0. The summed E-state index contributed by atoms with van der Waals surface area (Å²) in [6, 6.07) is 0. The molecule has 0 unspecified atom stereocenters. The van der Waals surface area contributed by atoms with Gasteiger partial charge in [0, 0.05) is 0 Å². The molecule has 0 fully saturated rings. The molecular weight excluding hydrogens is 109 g/mol. The lowest BCUT2D eigenvalue weighted by molar-refractivity contribution is -0.131. The van der Waals surface area contributed by atoms with Gasteiger partial charge in [-0.25, -0.2) is 0 Å². The lowest BCUT2D eigenvalue weighted by Gasteiger charge is -1.95. The third kappa shape index (κ3) is 0.880. The minimum atomic E-state index is -4.62. The number of alkyl halides is 3. The van der Waals surface area contributed by atoms with Crippen LogP contribution < -0.4 is 0 Å². The lowest BCUT2D eigenvalue weighted by Crippen LogP contribution is -2.15. The molecule has 0 aromatic carbocycles. The third-order valence-electron chi connectivity index (χ3n) is 0.454. The summed E-state index contributed by atoms with van der Waals surface area (Å²) in [5.74, 6) is 0. The molecule has 0 radical (unpaired) electrons. The summed E-state index contributed by atoms with van der Waals surface area (Å²) in [5, 5.41) is 4.94. The number of hydrogen-bond donors (Lipinski definition) is 0. The van der Waals surface area contributed by atoms with E-state index in [4.69, 9.17) is 1.37 Å². The van der Waals surface area contributed by atoms with Crippen LogP contribution in [0, 0.1) is 0 Å². The first kappa shape index (κ1) is 3.40. The summed E-state index contributed by atoms with van der Waals surface area (Å²) in [6.45, 7) is 0. The maximum atomic E-state index is 11.2. The highest BCUT2D eigenvalue weighted by molar-refractivity contribution is 4.77. The average Bonchev–Trinajstić information content (AvgIpc) is 2.16. The fourth-order valence-electron chi connectivity index (χ4n) is 0.138. The topological polar surface area (TPSA) is 24.7 Å². The van der Waals surface area contributed by atoms with E-state index in [1.54, 1.807) is 0 Å². The molecule has 0 amide bonds. The molecule has 0 spiro atoms. The van der Waals surface area contributed by atoms with Crippen molar-refractivity contribution in [1.29, 1.82) is 0 Å². The second-order valence-electron chi connectivity index (χ2n) is 1.02. The van der Waals surface area contributed by atoms with Crippen LogP contribution >= 0.6 is 0 Å². The summed E-state index contributed by atoms with van der Waals surface area (Å²) in [5.41, 5.74) is 0. The van der Waals surface area contributed by atoms with Gasteiger partial charge in [0.2, 0.25) is 0 Å². The van der Waals surface area contributed by atoms with E-state index in [1.807, 2.05) is 0 Å².